The van der Waals surface area contributed by atoms with Crippen LogP contribution in [0.2, 0.25) is 0 Å². The molecule has 1 heterocycles. The maximum atomic E-state index is 4.16. The van der Waals surface area contributed by atoms with Gasteiger partial charge in [0.2, 0.25) is 0 Å². The van der Waals surface area contributed by atoms with Gasteiger partial charge in [-0.05, 0) is 43.6 Å². The molecule has 5 heteroatoms. The molecule has 0 aromatic carbocycles. The average Bonchev–Trinajstić information content (AvgIpc) is 2.23. The highest BCUT2D eigenvalue weighted by Crippen LogP contribution is 2.09. The summed E-state index contributed by atoms with van der Waals surface area (Å²) in [6.07, 6.45) is 1.55. The predicted octanol–water partition coefficient (Wildman–Crippen LogP) is 2.77. The normalized spacial score (nSPS) is 11.5. The van der Waals surface area contributed by atoms with Crippen molar-refractivity contribution in [1.82, 2.24) is 14.9 Å². The summed E-state index contributed by atoms with van der Waals surface area (Å²) in [7, 11) is 0. The highest BCUT2D eigenvalue weighted by atomic mass is 79.9. The lowest BCUT2D eigenvalue weighted by atomic mass is 10.2. The molecule has 0 atom stereocenters. The van der Waals surface area contributed by atoms with E-state index >= 15 is 0 Å². The first kappa shape index (κ1) is 14.4. The van der Waals surface area contributed by atoms with Gasteiger partial charge in [-0.2, -0.15) is 0 Å². The average molecular weight is 301 g/mol. The standard InChI is InChI=1S/C12H21BrN4/c1-9(2)17(10(3)4)6-5-14-12-7-11(13)15-8-16-12/h7-10H,5-6H2,1-4H3,(H,14,15,16). The third-order valence-corrected chi connectivity index (χ3v) is 3.07. The zero-order valence-corrected chi connectivity index (χ0v) is 12.5. The van der Waals surface area contributed by atoms with Gasteiger partial charge in [0.05, 0.1) is 0 Å². The molecule has 1 N–H and O–H groups in total. The molecule has 1 aromatic heterocycles. The predicted molar refractivity (Wildman–Crippen MR) is 75.2 cm³/mol. The van der Waals surface area contributed by atoms with Crippen LogP contribution in [0.4, 0.5) is 5.82 Å². The van der Waals surface area contributed by atoms with Gasteiger partial charge in [0.25, 0.3) is 0 Å². The van der Waals surface area contributed by atoms with Gasteiger partial charge in [0.1, 0.15) is 16.7 Å². The molecule has 0 spiro atoms. The molecule has 0 saturated heterocycles. The second kappa shape index (κ2) is 6.91. The Morgan fingerprint density at radius 1 is 1.24 bits per heavy atom. The third kappa shape index (κ3) is 5.00. The van der Waals surface area contributed by atoms with Crippen LogP contribution in [0, 0.1) is 0 Å². The molecule has 0 amide bonds. The Morgan fingerprint density at radius 3 is 2.41 bits per heavy atom. The molecule has 17 heavy (non-hydrogen) atoms. The second-order valence-electron chi connectivity index (χ2n) is 4.58. The van der Waals surface area contributed by atoms with Crippen molar-refractivity contribution in [2.75, 3.05) is 18.4 Å². The molecule has 0 unspecified atom stereocenters. The van der Waals surface area contributed by atoms with Crippen LogP contribution in [0.15, 0.2) is 17.0 Å². The van der Waals surface area contributed by atoms with Crippen LogP contribution in [0.5, 0.6) is 0 Å². The van der Waals surface area contributed by atoms with Crippen LogP contribution in [-0.2, 0) is 0 Å². The summed E-state index contributed by atoms with van der Waals surface area (Å²) in [5.74, 6) is 0.860. The smallest absolute Gasteiger partial charge is 0.130 e. The van der Waals surface area contributed by atoms with Crippen molar-refractivity contribution in [3.8, 4) is 0 Å². The van der Waals surface area contributed by atoms with Crippen molar-refractivity contribution in [1.29, 1.82) is 0 Å². The summed E-state index contributed by atoms with van der Waals surface area (Å²) >= 11 is 3.33. The minimum atomic E-state index is 0.564. The lowest BCUT2D eigenvalue weighted by molar-refractivity contribution is 0.182. The molecule has 0 aliphatic carbocycles. The van der Waals surface area contributed by atoms with Crippen LogP contribution in [-0.4, -0.2) is 40.0 Å². The Kier molecular flexibility index (Phi) is 5.85. The van der Waals surface area contributed by atoms with Gasteiger partial charge in [-0.1, -0.05) is 0 Å². The van der Waals surface area contributed by atoms with Crippen molar-refractivity contribution in [3.05, 3.63) is 17.0 Å². The molecule has 0 aliphatic heterocycles. The number of aromatic nitrogens is 2. The van der Waals surface area contributed by atoms with E-state index in [1.807, 2.05) is 6.07 Å². The Balaban J connectivity index is 2.41. The second-order valence-corrected chi connectivity index (χ2v) is 5.39. The van der Waals surface area contributed by atoms with E-state index in [-0.39, 0.29) is 0 Å². The van der Waals surface area contributed by atoms with E-state index in [4.69, 9.17) is 0 Å². The summed E-state index contributed by atoms with van der Waals surface area (Å²) in [4.78, 5) is 10.6. The Hall–Kier alpha value is -0.680. The molecule has 0 fully saturated rings. The molecule has 0 radical (unpaired) electrons. The fourth-order valence-corrected chi connectivity index (χ4v) is 2.16. The first-order valence-electron chi connectivity index (χ1n) is 5.98. The van der Waals surface area contributed by atoms with Crippen molar-refractivity contribution in [2.24, 2.45) is 0 Å². The van der Waals surface area contributed by atoms with Gasteiger partial charge in [0.15, 0.2) is 0 Å². The Labute approximate surface area is 112 Å². The first-order valence-corrected chi connectivity index (χ1v) is 6.77. The molecular weight excluding hydrogens is 280 g/mol. The quantitative estimate of drug-likeness (QED) is 0.820. The molecule has 0 saturated carbocycles. The summed E-state index contributed by atoms with van der Waals surface area (Å²) in [5, 5.41) is 3.30. The van der Waals surface area contributed by atoms with E-state index in [1.165, 1.54) is 0 Å². The highest BCUT2D eigenvalue weighted by Gasteiger charge is 2.12. The van der Waals surface area contributed by atoms with E-state index in [2.05, 4.69) is 63.8 Å². The number of nitrogens with one attached hydrogen (secondary N) is 1. The van der Waals surface area contributed by atoms with Crippen LogP contribution in [0.3, 0.4) is 0 Å². The fourth-order valence-electron chi connectivity index (χ4n) is 1.86. The van der Waals surface area contributed by atoms with E-state index in [9.17, 15) is 0 Å². The lowest BCUT2D eigenvalue weighted by Gasteiger charge is -2.30. The molecule has 1 rings (SSSR count). The van der Waals surface area contributed by atoms with Gasteiger partial charge in [0, 0.05) is 31.2 Å². The molecule has 0 bridgehead atoms. The van der Waals surface area contributed by atoms with Gasteiger partial charge >= 0.3 is 0 Å². The van der Waals surface area contributed by atoms with Crippen molar-refractivity contribution in [3.63, 3.8) is 0 Å². The van der Waals surface area contributed by atoms with Gasteiger partial charge in [-0.3, -0.25) is 4.90 Å². The Bertz CT molecular complexity index is 333. The summed E-state index contributed by atoms with van der Waals surface area (Å²) < 4.78 is 0.805. The zero-order valence-electron chi connectivity index (χ0n) is 10.9. The number of rotatable bonds is 6. The summed E-state index contributed by atoms with van der Waals surface area (Å²) in [6.45, 7) is 10.8. The number of halogens is 1. The van der Waals surface area contributed by atoms with Crippen LogP contribution >= 0.6 is 15.9 Å². The SMILES string of the molecule is CC(C)N(CCNc1cc(Br)ncn1)C(C)C. The fraction of sp³-hybridized carbons (Fsp3) is 0.667. The number of nitrogens with zero attached hydrogens (tertiary/aromatic N) is 3. The third-order valence-electron chi connectivity index (χ3n) is 2.64. The molecule has 1 aromatic rings. The van der Waals surface area contributed by atoms with E-state index in [0.717, 1.165) is 23.5 Å². The van der Waals surface area contributed by atoms with Crippen molar-refractivity contribution in [2.45, 2.75) is 39.8 Å². The maximum absolute atomic E-state index is 4.16. The highest BCUT2D eigenvalue weighted by molar-refractivity contribution is 9.10. The zero-order chi connectivity index (χ0) is 12.8. The number of anilines is 1. The Morgan fingerprint density at radius 2 is 1.88 bits per heavy atom. The number of hydrogen-bond donors (Lipinski definition) is 1. The first-order chi connectivity index (χ1) is 8.00. The van der Waals surface area contributed by atoms with Crippen molar-refractivity contribution < 1.29 is 0 Å². The molecular formula is C12H21BrN4. The minimum Gasteiger partial charge on any atom is -0.369 e. The summed E-state index contributed by atoms with van der Waals surface area (Å²) in [5.41, 5.74) is 0. The molecule has 0 aliphatic rings. The van der Waals surface area contributed by atoms with Crippen molar-refractivity contribution >= 4 is 21.7 Å². The van der Waals surface area contributed by atoms with Gasteiger partial charge in [-0.25, -0.2) is 9.97 Å². The van der Waals surface area contributed by atoms with Gasteiger partial charge < -0.3 is 5.32 Å². The maximum Gasteiger partial charge on any atom is 0.130 e. The van der Waals surface area contributed by atoms with E-state index < -0.39 is 0 Å². The topological polar surface area (TPSA) is 41.0 Å². The molecule has 96 valence electrons. The molecule has 4 nitrogen and oxygen atoms in total. The summed E-state index contributed by atoms with van der Waals surface area (Å²) in [6, 6.07) is 3.01. The monoisotopic (exact) mass is 300 g/mol. The van der Waals surface area contributed by atoms with Crippen LogP contribution in [0.25, 0.3) is 0 Å². The number of hydrogen-bond acceptors (Lipinski definition) is 4. The largest absolute Gasteiger partial charge is 0.369 e. The lowest BCUT2D eigenvalue weighted by Crippen LogP contribution is -2.40. The van der Waals surface area contributed by atoms with E-state index in [1.54, 1.807) is 6.33 Å². The van der Waals surface area contributed by atoms with Gasteiger partial charge in [-0.15, -0.1) is 0 Å². The van der Waals surface area contributed by atoms with Crippen LogP contribution < -0.4 is 5.32 Å². The van der Waals surface area contributed by atoms with Crippen LogP contribution in [0.1, 0.15) is 27.7 Å². The minimum absolute atomic E-state index is 0.564. The van der Waals surface area contributed by atoms with E-state index in [0.29, 0.717) is 12.1 Å².